The van der Waals surface area contributed by atoms with Crippen LogP contribution in [-0.2, 0) is 28.0 Å². The van der Waals surface area contributed by atoms with Gasteiger partial charge in [-0.15, -0.1) is 0 Å². The third-order valence-electron chi connectivity index (χ3n) is 14.1. The largest absolute Gasteiger partial charge is 0.465 e. The number of nitrogens with zero attached hydrogens (tertiary/aromatic N) is 9. The monoisotopic (exact) mass is 1020 g/mol. The lowest BCUT2D eigenvalue weighted by Crippen LogP contribution is -2.38. The smallest absolute Gasteiger partial charge is 0.407 e. The number of hydrogen-bond acceptors (Lipinski definition) is 16. The van der Waals surface area contributed by atoms with E-state index in [9.17, 15) is 19.5 Å². The minimum atomic E-state index is -0.935. The minimum absolute atomic E-state index is 0.140. The van der Waals surface area contributed by atoms with E-state index < -0.39 is 17.9 Å². The van der Waals surface area contributed by atoms with Gasteiger partial charge in [0.2, 0.25) is 0 Å². The molecular weight excluding hydrogens is 953 g/mol. The quantitative estimate of drug-likeness (QED) is 0.0816. The Bertz CT molecular complexity index is 2950. The number of carbonyl (C=O) groups excluding carboxylic acids is 2. The molecule has 4 saturated heterocycles. The zero-order valence-corrected chi connectivity index (χ0v) is 43.3. The lowest BCUT2D eigenvalue weighted by Gasteiger charge is -2.26. The first-order valence-corrected chi connectivity index (χ1v) is 26.2. The van der Waals surface area contributed by atoms with E-state index in [1.807, 2.05) is 12.1 Å². The highest BCUT2D eigenvalue weighted by molar-refractivity contribution is 6.08. The molecule has 0 bridgehead atoms. The highest BCUT2D eigenvalue weighted by atomic mass is 16.5. The average Bonchev–Trinajstić information content (AvgIpc) is 3.82. The zero-order chi connectivity index (χ0) is 52.5. The molecule has 8 N–H and O–H groups in total. The molecule has 75 heavy (non-hydrogen) atoms. The molecule has 2 unspecified atom stereocenters. The van der Waals surface area contributed by atoms with E-state index >= 15 is 0 Å². The molecule has 396 valence electrons. The Balaban J connectivity index is 0.000000184. The summed E-state index contributed by atoms with van der Waals surface area (Å²) >= 11 is 0. The van der Waals surface area contributed by atoms with Crippen molar-refractivity contribution in [3.8, 4) is 22.5 Å². The van der Waals surface area contributed by atoms with Crippen molar-refractivity contribution in [1.29, 1.82) is 0 Å². The van der Waals surface area contributed by atoms with E-state index in [-0.39, 0.29) is 23.1 Å². The van der Waals surface area contributed by atoms with E-state index in [1.54, 1.807) is 12.1 Å². The number of fused-ring (bicyclic) bond motifs is 2. The molecule has 8 heterocycles. The van der Waals surface area contributed by atoms with Gasteiger partial charge in [-0.3, -0.25) is 19.4 Å². The Hall–Kier alpha value is -6.97. The van der Waals surface area contributed by atoms with Gasteiger partial charge in [0.15, 0.2) is 11.6 Å². The van der Waals surface area contributed by atoms with Crippen molar-refractivity contribution in [2.45, 2.75) is 89.9 Å². The number of pyridine rings is 2. The van der Waals surface area contributed by atoms with Crippen LogP contribution in [0.1, 0.15) is 97.0 Å². The summed E-state index contributed by atoms with van der Waals surface area (Å²) in [5.41, 5.74) is 19.2. The van der Waals surface area contributed by atoms with Gasteiger partial charge < -0.3 is 46.9 Å². The summed E-state index contributed by atoms with van der Waals surface area (Å²) in [5, 5.41) is 20.0. The molecule has 2 aromatic carbocycles. The Morgan fingerprint density at radius 3 is 1.75 bits per heavy atom. The van der Waals surface area contributed by atoms with Crippen molar-refractivity contribution >= 4 is 51.6 Å². The molecule has 4 aliphatic heterocycles. The van der Waals surface area contributed by atoms with Crippen LogP contribution >= 0.6 is 0 Å². The van der Waals surface area contributed by atoms with Crippen molar-refractivity contribution in [3.63, 3.8) is 0 Å². The van der Waals surface area contributed by atoms with Crippen LogP contribution < -0.4 is 27.4 Å². The molecule has 20 nitrogen and oxygen atoms in total. The Morgan fingerprint density at radius 1 is 0.653 bits per heavy atom. The van der Waals surface area contributed by atoms with Crippen molar-refractivity contribution in [2.75, 3.05) is 89.4 Å². The molecule has 20 heteroatoms. The van der Waals surface area contributed by atoms with Crippen LogP contribution in [0.2, 0.25) is 0 Å². The predicted octanol–water partition coefficient (Wildman–Crippen LogP) is 6.04. The second-order valence-corrected chi connectivity index (χ2v) is 20.9. The third-order valence-corrected chi connectivity index (χ3v) is 14.1. The third kappa shape index (κ3) is 13.5. The molecule has 4 fully saturated rings. The lowest BCUT2D eigenvalue weighted by molar-refractivity contribution is 0.0341. The SMILES string of the molecule is CC(C)(C)c1nc(NC2CCCCNC2)c2nc(-c3ccc(CN4CCOCC4)cc3)cc(C(N)=O)c2n1.NC(=O)c1cc(-c2ccc(CN3CCOCC3)cc2)nc2c(NC3CCCCN(C(=O)O)C3)ncnc12. The van der Waals surface area contributed by atoms with Crippen LogP contribution in [0.25, 0.3) is 44.6 Å². The van der Waals surface area contributed by atoms with Crippen LogP contribution in [0.15, 0.2) is 67.0 Å². The summed E-state index contributed by atoms with van der Waals surface area (Å²) in [7, 11) is 0. The van der Waals surface area contributed by atoms with Crippen LogP contribution in [0.5, 0.6) is 0 Å². The predicted molar refractivity (Wildman–Crippen MR) is 288 cm³/mol. The number of likely N-dealkylation sites (tertiary alicyclic amines) is 1. The highest BCUT2D eigenvalue weighted by Gasteiger charge is 2.27. The Kier molecular flexibility index (Phi) is 17.0. The van der Waals surface area contributed by atoms with Gasteiger partial charge in [0.25, 0.3) is 11.8 Å². The molecule has 10 rings (SSSR count). The average molecular weight is 1020 g/mol. The lowest BCUT2D eigenvalue weighted by atomic mass is 9.95. The van der Waals surface area contributed by atoms with Crippen molar-refractivity contribution < 1.29 is 29.0 Å². The van der Waals surface area contributed by atoms with Crippen LogP contribution in [0, 0.1) is 0 Å². The van der Waals surface area contributed by atoms with Crippen LogP contribution in [0.3, 0.4) is 0 Å². The summed E-state index contributed by atoms with van der Waals surface area (Å²) in [5.74, 6) is 0.632. The molecule has 4 aromatic heterocycles. The van der Waals surface area contributed by atoms with Crippen LogP contribution in [-0.4, -0.2) is 158 Å². The fraction of sp³-hybridized carbons (Fsp3) is 0.473. The minimum Gasteiger partial charge on any atom is -0.465 e. The van der Waals surface area contributed by atoms with E-state index in [0.29, 0.717) is 69.6 Å². The van der Waals surface area contributed by atoms with E-state index in [0.717, 1.165) is 128 Å². The first kappa shape index (κ1) is 52.9. The number of rotatable bonds is 12. The first-order valence-electron chi connectivity index (χ1n) is 26.2. The molecule has 3 amide bonds. The summed E-state index contributed by atoms with van der Waals surface area (Å²) in [6.07, 6.45) is 6.27. The van der Waals surface area contributed by atoms with Gasteiger partial charge >= 0.3 is 6.09 Å². The zero-order valence-electron chi connectivity index (χ0n) is 43.3. The molecule has 4 aliphatic rings. The second-order valence-electron chi connectivity index (χ2n) is 20.9. The summed E-state index contributed by atoms with van der Waals surface area (Å²) in [6, 6.07) is 20.0. The number of anilines is 2. The molecule has 0 spiro atoms. The first-order chi connectivity index (χ1) is 36.2. The number of carboxylic acid groups (broad SMARTS) is 1. The highest BCUT2D eigenvalue weighted by Crippen LogP contribution is 2.32. The molecular formula is C55H70N14O6. The normalized spacial score (nSPS) is 19.1. The number of nitrogens with two attached hydrogens (primary N) is 2. The second kappa shape index (κ2) is 24.1. The van der Waals surface area contributed by atoms with Gasteiger partial charge in [0, 0.05) is 87.5 Å². The Labute approximate surface area is 437 Å². The number of benzene rings is 2. The number of aromatic nitrogens is 6. The van der Waals surface area contributed by atoms with E-state index in [2.05, 4.69) is 92.9 Å². The maximum atomic E-state index is 12.7. The number of carbonyl (C=O) groups is 3. The number of hydrogen-bond donors (Lipinski definition) is 6. The van der Waals surface area contributed by atoms with Crippen molar-refractivity contribution in [2.24, 2.45) is 11.5 Å². The standard InChI is InChI=1S/C29H39N7O2.C26H31N7O4/c1-29(2,3)28-34-24-22(26(30)37)16-23(20-9-7-19(8-10-20)18-36-12-14-38-15-13-36)33-25(24)27(35-28)32-21-6-4-5-11-31-17-21;27-24(34)20-13-21(18-6-4-17(5-7-18)14-32-9-11-37-12-10-32)31-23-22(20)28-16-29-25(23)30-19-3-1-2-8-33(15-19)26(35)36/h7-10,16,21,31H,4-6,11-15,17-18H2,1-3H3,(H2,30,37)(H,32,34,35);4-7,13,16,19H,1-3,8-12,14-15H2,(H2,27,34)(H,35,36)(H,28,29,30). The molecule has 2 atom stereocenters. The van der Waals surface area contributed by atoms with E-state index in [1.165, 1.54) is 22.4 Å². The fourth-order valence-electron chi connectivity index (χ4n) is 9.92. The summed E-state index contributed by atoms with van der Waals surface area (Å²) in [6.45, 7) is 17.4. The fourth-order valence-corrected chi connectivity index (χ4v) is 9.92. The molecule has 0 saturated carbocycles. The van der Waals surface area contributed by atoms with Gasteiger partial charge in [0.1, 0.15) is 34.2 Å². The van der Waals surface area contributed by atoms with Gasteiger partial charge in [-0.25, -0.2) is 34.7 Å². The maximum absolute atomic E-state index is 12.7. The number of primary amides is 2. The topological polar surface area (TPSA) is 265 Å². The molecule has 6 aromatic rings. The van der Waals surface area contributed by atoms with Crippen LogP contribution in [0.4, 0.5) is 16.4 Å². The van der Waals surface area contributed by atoms with E-state index in [4.69, 9.17) is 40.9 Å². The van der Waals surface area contributed by atoms with Gasteiger partial charge in [-0.1, -0.05) is 75.7 Å². The Morgan fingerprint density at radius 2 is 1.19 bits per heavy atom. The number of amides is 3. The summed E-state index contributed by atoms with van der Waals surface area (Å²) in [4.78, 5) is 71.0. The number of ether oxygens (including phenoxy) is 2. The van der Waals surface area contributed by atoms with Crippen molar-refractivity contribution in [3.05, 3.63) is 95.1 Å². The van der Waals surface area contributed by atoms with Crippen molar-refractivity contribution in [1.82, 2.24) is 49.9 Å². The van der Waals surface area contributed by atoms with Gasteiger partial charge in [-0.05, 0) is 61.9 Å². The van der Waals surface area contributed by atoms with Gasteiger partial charge in [0.05, 0.1) is 48.9 Å². The molecule has 0 radical (unpaired) electrons. The van der Waals surface area contributed by atoms with Gasteiger partial charge in [-0.2, -0.15) is 0 Å². The number of morpholine rings is 2. The maximum Gasteiger partial charge on any atom is 0.407 e. The summed E-state index contributed by atoms with van der Waals surface area (Å²) < 4.78 is 10.9. The molecule has 0 aliphatic carbocycles. The number of nitrogens with one attached hydrogen (secondary N) is 3.